The van der Waals surface area contributed by atoms with Crippen LogP contribution in [0.4, 0.5) is 0 Å². The van der Waals surface area contributed by atoms with E-state index in [0.717, 1.165) is 12.8 Å². The van der Waals surface area contributed by atoms with E-state index in [1.54, 1.807) is 0 Å². The summed E-state index contributed by atoms with van der Waals surface area (Å²) in [6.45, 7) is 1.92. The van der Waals surface area contributed by atoms with Crippen molar-refractivity contribution in [1.82, 2.24) is 0 Å². The van der Waals surface area contributed by atoms with Gasteiger partial charge in [-0.25, -0.2) is 0 Å². The zero-order chi connectivity index (χ0) is 10.8. The van der Waals surface area contributed by atoms with E-state index >= 15 is 0 Å². The van der Waals surface area contributed by atoms with Crippen molar-refractivity contribution in [2.24, 2.45) is 11.7 Å². The molecule has 82 valence electrons. The number of carbonyl (C=O) groups is 1. The summed E-state index contributed by atoms with van der Waals surface area (Å²) in [5.74, 6) is -0.412. The summed E-state index contributed by atoms with van der Waals surface area (Å²) in [4.78, 5) is 11.0. The van der Waals surface area contributed by atoms with Crippen LogP contribution in [0.5, 0.6) is 0 Å². The van der Waals surface area contributed by atoms with Gasteiger partial charge in [0.25, 0.3) is 0 Å². The Morgan fingerprint density at radius 2 is 2.29 bits per heavy atom. The molecule has 1 rings (SSSR count). The third kappa shape index (κ3) is 2.62. The number of hydrogen-bond donors (Lipinski definition) is 3. The van der Waals surface area contributed by atoms with Gasteiger partial charge in [-0.1, -0.05) is 6.92 Å². The molecule has 2 unspecified atom stereocenters. The predicted molar refractivity (Wildman–Crippen MR) is 56.3 cm³/mol. The fourth-order valence-corrected chi connectivity index (χ4v) is 2.31. The van der Waals surface area contributed by atoms with Gasteiger partial charge in [-0.2, -0.15) is 11.8 Å². The summed E-state index contributed by atoms with van der Waals surface area (Å²) in [6.07, 6.45) is 1.83. The minimum atomic E-state index is -1.09. The van der Waals surface area contributed by atoms with Gasteiger partial charge in [0.2, 0.25) is 0 Å². The van der Waals surface area contributed by atoms with E-state index in [2.05, 4.69) is 0 Å². The van der Waals surface area contributed by atoms with Crippen LogP contribution in [0.15, 0.2) is 0 Å². The first kappa shape index (κ1) is 11.8. The van der Waals surface area contributed by atoms with Crippen molar-refractivity contribution in [3.8, 4) is 0 Å². The molecule has 5 heteroatoms. The van der Waals surface area contributed by atoms with Crippen LogP contribution in [0.3, 0.4) is 0 Å². The van der Waals surface area contributed by atoms with E-state index in [0.29, 0.717) is 5.75 Å². The molecule has 0 aliphatic heterocycles. The highest BCUT2D eigenvalue weighted by molar-refractivity contribution is 8.00. The Kier molecular flexibility index (Phi) is 3.80. The Labute approximate surface area is 87.9 Å². The minimum absolute atomic E-state index is 0.0519. The third-order valence-corrected chi connectivity index (χ3v) is 3.93. The van der Waals surface area contributed by atoms with Gasteiger partial charge in [-0.05, 0) is 18.8 Å². The molecule has 0 radical (unpaired) electrons. The normalized spacial score (nSPS) is 22.8. The first-order valence-corrected chi connectivity index (χ1v) is 5.80. The fraction of sp³-hybridized carbons (Fsp3) is 0.889. The number of thioether (sulfide) groups is 1. The Morgan fingerprint density at radius 3 is 2.64 bits per heavy atom. The first-order valence-electron chi connectivity index (χ1n) is 4.75. The smallest absolute Gasteiger partial charge is 0.324 e. The third-order valence-electron chi connectivity index (χ3n) is 2.57. The van der Waals surface area contributed by atoms with Crippen LogP contribution in [0.25, 0.3) is 0 Å². The van der Waals surface area contributed by atoms with Crippen LogP contribution < -0.4 is 5.73 Å². The highest BCUT2D eigenvalue weighted by Gasteiger charge is 2.48. The van der Waals surface area contributed by atoms with Crippen molar-refractivity contribution in [3.63, 3.8) is 0 Å². The van der Waals surface area contributed by atoms with E-state index in [1.807, 2.05) is 6.92 Å². The van der Waals surface area contributed by atoms with Gasteiger partial charge in [0.1, 0.15) is 5.54 Å². The lowest BCUT2D eigenvalue weighted by atomic mass is 9.98. The number of rotatable bonds is 6. The van der Waals surface area contributed by atoms with Gasteiger partial charge in [-0.15, -0.1) is 0 Å². The monoisotopic (exact) mass is 219 g/mol. The molecule has 1 saturated carbocycles. The molecule has 2 atom stereocenters. The second-order valence-corrected chi connectivity index (χ2v) is 5.35. The maximum Gasteiger partial charge on any atom is 0.324 e. The lowest BCUT2D eigenvalue weighted by Crippen LogP contribution is -2.52. The van der Waals surface area contributed by atoms with Crippen molar-refractivity contribution in [1.29, 1.82) is 0 Å². The van der Waals surface area contributed by atoms with Crippen molar-refractivity contribution >= 4 is 17.7 Å². The van der Waals surface area contributed by atoms with Crippen LogP contribution in [0, 0.1) is 5.92 Å². The van der Waals surface area contributed by atoms with Crippen molar-refractivity contribution in [2.45, 2.75) is 30.6 Å². The molecule has 0 amide bonds. The number of carboxylic acid groups (broad SMARTS) is 1. The summed E-state index contributed by atoms with van der Waals surface area (Å²) in [6, 6.07) is 0. The minimum Gasteiger partial charge on any atom is -0.480 e. The highest BCUT2D eigenvalue weighted by atomic mass is 32.2. The maximum absolute atomic E-state index is 11.0. The van der Waals surface area contributed by atoms with Crippen molar-refractivity contribution in [3.05, 3.63) is 0 Å². The number of carboxylic acids is 1. The van der Waals surface area contributed by atoms with Crippen LogP contribution in [0.2, 0.25) is 0 Å². The summed E-state index contributed by atoms with van der Waals surface area (Å²) >= 11 is 1.42. The van der Waals surface area contributed by atoms with Crippen LogP contribution >= 0.6 is 11.8 Å². The van der Waals surface area contributed by atoms with E-state index in [4.69, 9.17) is 15.9 Å². The highest BCUT2D eigenvalue weighted by Crippen LogP contribution is 2.40. The van der Waals surface area contributed by atoms with Crippen LogP contribution in [0.1, 0.15) is 19.8 Å². The zero-order valence-electron chi connectivity index (χ0n) is 8.27. The van der Waals surface area contributed by atoms with Crippen molar-refractivity contribution in [2.75, 3.05) is 12.4 Å². The molecule has 0 aromatic heterocycles. The number of aliphatic carboxylic acids is 1. The first-order chi connectivity index (χ1) is 6.50. The molecule has 1 fully saturated rings. The van der Waals surface area contributed by atoms with Gasteiger partial charge in [0.05, 0.1) is 6.61 Å². The number of nitrogens with two attached hydrogens (primary N) is 1. The second kappa shape index (κ2) is 4.51. The molecule has 0 heterocycles. The molecule has 0 aromatic carbocycles. The molecule has 0 bridgehead atoms. The molecule has 14 heavy (non-hydrogen) atoms. The predicted octanol–water partition coefficient (Wildman–Crippen LogP) is 0.292. The molecule has 4 nitrogen and oxygen atoms in total. The summed E-state index contributed by atoms with van der Waals surface area (Å²) in [7, 11) is 0. The molecule has 0 spiro atoms. The molecule has 0 saturated heterocycles. The topological polar surface area (TPSA) is 83.5 Å². The van der Waals surface area contributed by atoms with Gasteiger partial charge in [0, 0.05) is 11.0 Å². The van der Waals surface area contributed by atoms with E-state index < -0.39 is 11.5 Å². The average Bonchev–Trinajstić information content (AvgIpc) is 2.96. The maximum atomic E-state index is 11.0. The molecular weight excluding hydrogens is 202 g/mol. The summed E-state index contributed by atoms with van der Waals surface area (Å²) in [5.41, 5.74) is 4.76. The van der Waals surface area contributed by atoms with Gasteiger partial charge in [-0.3, -0.25) is 4.79 Å². The Morgan fingerprint density at radius 1 is 1.71 bits per heavy atom. The zero-order valence-corrected chi connectivity index (χ0v) is 9.09. The summed E-state index contributed by atoms with van der Waals surface area (Å²) < 4.78 is 0. The lowest BCUT2D eigenvalue weighted by molar-refractivity contribution is -0.143. The Balaban J connectivity index is 2.47. The molecular formula is C9H17NO3S. The molecule has 1 aliphatic rings. The molecule has 0 aromatic rings. The quantitative estimate of drug-likeness (QED) is 0.598. The number of hydrogen-bond acceptors (Lipinski definition) is 4. The Bertz CT molecular complexity index is 220. The number of aliphatic hydroxyl groups is 1. The van der Waals surface area contributed by atoms with E-state index in [-0.39, 0.29) is 17.8 Å². The van der Waals surface area contributed by atoms with Crippen molar-refractivity contribution < 1.29 is 15.0 Å². The molecule has 1 aliphatic carbocycles. The van der Waals surface area contributed by atoms with Gasteiger partial charge < -0.3 is 15.9 Å². The van der Waals surface area contributed by atoms with E-state index in [1.165, 1.54) is 11.8 Å². The van der Waals surface area contributed by atoms with Gasteiger partial charge >= 0.3 is 5.97 Å². The Hall–Kier alpha value is -0.260. The molecule has 4 N–H and O–H groups in total. The second-order valence-electron chi connectivity index (χ2n) is 3.92. The van der Waals surface area contributed by atoms with Crippen LogP contribution in [-0.4, -0.2) is 39.3 Å². The fourth-order valence-electron chi connectivity index (χ4n) is 1.29. The van der Waals surface area contributed by atoms with Gasteiger partial charge in [0.15, 0.2) is 0 Å². The summed E-state index contributed by atoms with van der Waals surface area (Å²) in [5, 5.41) is 17.9. The SMILES string of the molecule is CC(CO)SCC(N)(C(=O)O)C1CC1. The standard InChI is InChI=1S/C9H17NO3S/c1-6(4-11)14-5-9(10,8(12)13)7-2-3-7/h6-7,11H,2-5,10H2,1H3,(H,12,13). The average molecular weight is 219 g/mol. The van der Waals surface area contributed by atoms with E-state index in [9.17, 15) is 4.79 Å². The number of aliphatic hydroxyl groups excluding tert-OH is 1. The van der Waals surface area contributed by atoms with Crippen LogP contribution in [-0.2, 0) is 4.79 Å². The largest absolute Gasteiger partial charge is 0.480 e. The lowest BCUT2D eigenvalue weighted by Gasteiger charge is -2.25.